The Balaban J connectivity index is 1.45. The molecule has 1 heterocycles. The molecule has 6 heteroatoms. The number of carbonyl (C=O) groups is 2. The van der Waals surface area contributed by atoms with E-state index in [1.165, 1.54) is 0 Å². The number of hydrogen-bond acceptors (Lipinski definition) is 4. The molecule has 0 bridgehead atoms. The minimum atomic E-state index is -0.309. The molecule has 0 atom stereocenters. The first-order valence-corrected chi connectivity index (χ1v) is 8.45. The largest absolute Gasteiger partial charge is 0.494 e. The molecule has 2 aromatic carbocycles. The van der Waals surface area contributed by atoms with Gasteiger partial charge in [0.05, 0.1) is 6.61 Å². The minimum absolute atomic E-state index is 0.203. The van der Waals surface area contributed by atoms with Crippen LogP contribution >= 0.6 is 0 Å². The summed E-state index contributed by atoms with van der Waals surface area (Å²) in [4.78, 5) is 24.2. The lowest BCUT2D eigenvalue weighted by Gasteiger charge is -2.07. The van der Waals surface area contributed by atoms with Crippen LogP contribution in [0.15, 0.2) is 59.0 Å². The average Bonchev–Trinajstić information content (AvgIpc) is 3.10. The minimum Gasteiger partial charge on any atom is -0.494 e. The van der Waals surface area contributed by atoms with Crippen molar-refractivity contribution >= 4 is 22.8 Å². The Bertz CT molecular complexity index is 867. The molecule has 134 valence electrons. The molecule has 2 N–H and O–H groups in total. The molecule has 0 saturated heterocycles. The van der Waals surface area contributed by atoms with Crippen LogP contribution in [-0.4, -0.2) is 31.5 Å². The Kier molecular flexibility index (Phi) is 5.53. The molecule has 0 saturated carbocycles. The summed E-state index contributed by atoms with van der Waals surface area (Å²) in [6.45, 7) is 3.10. The summed E-state index contributed by atoms with van der Waals surface area (Å²) in [6, 6.07) is 16.0. The molecule has 0 aliphatic rings. The molecule has 0 fully saturated rings. The predicted octanol–water partition coefficient (Wildman–Crippen LogP) is 2.99. The number of hydrogen-bond donors (Lipinski definition) is 2. The van der Waals surface area contributed by atoms with Gasteiger partial charge < -0.3 is 19.8 Å². The fourth-order valence-electron chi connectivity index (χ4n) is 2.50. The van der Waals surface area contributed by atoms with Crippen LogP contribution in [-0.2, 0) is 0 Å². The van der Waals surface area contributed by atoms with Gasteiger partial charge in [-0.15, -0.1) is 0 Å². The smallest absolute Gasteiger partial charge is 0.287 e. The Hall–Kier alpha value is -3.28. The van der Waals surface area contributed by atoms with Crippen molar-refractivity contribution in [1.82, 2.24) is 10.6 Å². The van der Waals surface area contributed by atoms with Crippen LogP contribution in [0.25, 0.3) is 11.0 Å². The Morgan fingerprint density at radius 3 is 2.35 bits per heavy atom. The zero-order valence-corrected chi connectivity index (χ0v) is 14.5. The summed E-state index contributed by atoms with van der Waals surface area (Å²) in [5.74, 6) is 0.466. The third kappa shape index (κ3) is 4.22. The summed E-state index contributed by atoms with van der Waals surface area (Å²) in [6.07, 6.45) is 0. The van der Waals surface area contributed by atoms with Crippen molar-refractivity contribution in [3.63, 3.8) is 0 Å². The molecule has 3 rings (SSSR count). The quantitative estimate of drug-likeness (QED) is 0.641. The van der Waals surface area contributed by atoms with E-state index in [2.05, 4.69) is 10.6 Å². The lowest BCUT2D eigenvalue weighted by atomic mass is 10.2. The lowest BCUT2D eigenvalue weighted by Crippen LogP contribution is -2.34. The molecule has 6 nitrogen and oxygen atoms in total. The molecule has 1 aromatic heterocycles. The molecule has 0 unspecified atom stereocenters. The number of furan rings is 1. The Morgan fingerprint density at radius 2 is 1.65 bits per heavy atom. The van der Waals surface area contributed by atoms with Gasteiger partial charge in [-0.3, -0.25) is 9.59 Å². The van der Waals surface area contributed by atoms with Crippen LogP contribution in [0.3, 0.4) is 0 Å². The average molecular weight is 352 g/mol. The maximum absolute atomic E-state index is 12.1. The monoisotopic (exact) mass is 352 g/mol. The topological polar surface area (TPSA) is 80.6 Å². The highest BCUT2D eigenvalue weighted by molar-refractivity contribution is 5.96. The van der Waals surface area contributed by atoms with Gasteiger partial charge in [0.1, 0.15) is 11.3 Å². The van der Waals surface area contributed by atoms with E-state index in [0.717, 1.165) is 11.1 Å². The van der Waals surface area contributed by atoms with Crippen molar-refractivity contribution in [3.05, 3.63) is 65.9 Å². The van der Waals surface area contributed by atoms with Gasteiger partial charge in [-0.25, -0.2) is 0 Å². The second-order valence-corrected chi connectivity index (χ2v) is 5.62. The molecule has 0 spiro atoms. The predicted molar refractivity (Wildman–Crippen MR) is 98.5 cm³/mol. The van der Waals surface area contributed by atoms with E-state index in [0.29, 0.717) is 30.8 Å². The number of fused-ring (bicyclic) bond motifs is 1. The number of carbonyl (C=O) groups excluding carboxylic acids is 2. The molecule has 0 aliphatic heterocycles. The Morgan fingerprint density at radius 1 is 0.962 bits per heavy atom. The van der Waals surface area contributed by atoms with Gasteiger partial charge in [0, 0.05) is 24.0 Å². The summed E-state index contributed by atoms with van der Waals surface area (Å²) in [5, 5.41) is 6.36. The number of rotatable bonds is 7. The molecular formula is C20H20N2O4. The fraction of sp³-hybridized carbons (Fsp3) is 0.200. The summed E-state index contributed by atoms with van der Waals surface area (Å²) >= 11 is 0. The number of para-hydroxylation sites is 1. The molecule has 0 aliphatic carbocycles. The maximum Gasteiger partial charge on any atom is 0.287 e. The van der Waals surface area contributed by atoms with Crippen molar-refractivity contribution in [2.45, 2.75) is 6.92 Å². The van der Waals surface area contributed by atoms with E-state index < -0.39 is 0 Å². The summed E-state index contributed by atoms with van der Waals surface area (Å²) in [5.41, 5.74) is 1.21. The molecule has 2 amide bonds. The first-order valence-electron chi connectivity index (χ1n) is 8.45. The normalized spacial score (nSPS) is 10.5. The highest BCUT2D eigenvalue weighted by Crippen LogP contribution is 2.18. The van der Waals surface area contributed by atoms with Crippen LogP contribution in [0.4, 0.5) is 0 Å². The standard InChI is InChI=1S/C20H20N2O4/c1-2-25-16-9-7-14(8-10-16)19(23)21-11-12-22-20(24)18-13-15-5-3-4-6-17(15)26-18/h3-10,13H,2,11-12H2,1H3,(H,21,23)(H,22,24). The first-order chi connectivity index (χ1) is 12.7. The van der Waals surface area contributed by atoms with Crippen LogP contribution in [0, 0.1) is 0 Å². The van der Waals surface area contributed by atoms with Gasteiger partial charge in [-0.05, 0) is 43.3 Å². The van der Waals surface area contributed by atoms with Crippen molar-refractivity contribution < 1.29 is 18.7 Å². The summed E-state index contributed by atoms with van der Waals surface area (Å²) in [7, 11) is 0. The van der Waals surface area contributed by atoms with Crippen molar-refractivity contribution in [2.24, 2.45) is 0 Å². The van der Waals surface area contributed by atoms with Gasteiger partial charge in [-0.2, -0.15) is 0 Å². The van der Waals surface area contributed by atoms with E-state index >= 15 is 0 Å². The summed E-state index contributed by atoms with van der Waals surface area (Å²) < 4.78 is 10.8. The van der Waals surface area contributed by atoms with E-state index in [9.17, 15) is 9.59 Å². The van der Waals surface area contributed by atoms with Crippen LogP contribution in [0.2, 0.25) is 0 Å². The highest BCUT2D eigenvalue weighted by Gasteiger charge is 2.11. The molecule has 3 aromatic rings. The van der Waals surface area contributed by atoms with Gasteiger partial charge in [0.25, 0.3) is 11.8 Å². The number of ether oxygens (including phenoxy) is 1. The fourth-order valence-corrected chi connectivity index (χ4v) is 2.50. The Labute approximate surface area is 151 Å². The highest BCUT2D eigenvalue weighted by atomic mass is 16.5. The third-order valence-electron chi connectivity index (χ3n) is 3.77. The number of nitrogens with one attached hydrogen (secondary N) is 2. The van der Waals surface area contributed by atoms with Gasteiger partial charge in [0.2, 0.25) is 0 Å². The lowest BCUT2D eigenvalue weighted by molar-refractivity contribution is 0.0912. The second kappa shape index (κ2) is 8.20. The van der Waals surface area contributed by atoms with Gasteiger partial charge >= 0.3 is 0 Å². The third-order valence-corrected chi connectivity index (χ3v) is 3.77. The van der Waals surface area contributed by atoms with Gasteiger partial charge in [-0.1, -0.05) is 18.2 Å². The first kappa shape index (κ1) is 17.5. The zero-order valence-electron chi connectivity index (χ0n) is 14.5. The number of benzene rings is 2. The van der Waals surface area contributed by atoms with Crippen LogP contribution in [0.1, 0.15) is 27.8 Å². The van der Waals surface area contributed by atoms with Crippen LogP contribution < -0.4 is 15.4 Å². The van der Waals surface area contributed by atoms with Gasteiger partial charge in [0.15, 0.2) is 5.76 Å². The van der Waals surface area contributed by atoms with E-state index in [1.807, 2.05) is 31.2 Å². The van der Waals surface area contributed by atoms with E-state index in [4.69, 9.17) is 9.15 Å². The van der Waals surface area contributed by atoms with E-state index in [1.54, 1.807) is 30.3 Å². The second-order valence-electron chi connectivity index (χ2n) is 5.62. The van der Waals surface area contributed by atoms with Crippen LogP contribution in [0.5, 0.6) is 5.75 Å². The SMILES string of the molecule is CCOc1ccc(C(=O)NCCNC(=O)c2cc3ccccc3o2)cc1. The maximum atomic E-state index is 12.1. The zero-order chi connectivity index (χ0) is 18.4. The molecule has 26 heavy (non-hydrogen) atoms. The van der Waals surface area contributed by atoms with Crippen molar-refractivity contribution in [1.29, 1.82) is 0 Å². The molecular weight excluding hydrogens is 332 g/mol. The number of amides is 2. The van der Waals surface area contributed by atoms with Crippen molar-refractivity contribution in [2.75, 3.05) is 19.7 Å². The van der Waals surface area contributed by atoms with Crippen molar-refractivity contribution in [3.8, 4) is 5.75 Å². The molecule has 0 radical (unpaired) electrons. The van der Waals surface area contributed by atoms with E-state index in [-0.39, 0.29) is 17.6 Å².